The molecule has 238 valence electrons. The predicted molar refractivity (Wildman–Crippen MR) is 150 cm³/mol. The molecule has 4 N–H and O–H groups in total. The second kappa shape index (κ2) is 30.5. The molecule has 0 aromatic carbocycles. The molecule has 0 saturated heterocycles. The smallest absolute Gasteiger partial charge is 0.223 e. The third kappa shape index (κ3) is 25.5. The lowest BCUT2D eigenvalue weighted by atomic mass is 9.92. The summed E-state index contributed by atoms with van der Waals surface area (Å²) in [7, 11) is 1.64. The topological polar surface area (TPSA) is 158 Å². The lowest BCUT2D eigenvalue weighted by molar-refractivity contribution is -0.128. The highest BCUT2D eigenvalue weighted by molar-refractivity contribution is 5.81. The maximum absolute atomic E-state index is 12.4. The molecular formula is C27H55N3O10. The molecule has 0 aliphatic rings. The SMILES string of the molecule is CCC(CC(C)C(=O)NCCN)C(=O)NCCOCCOCCOCCOCCOCCOCCOCCOC. The molecule has 0 aromatic rings. The summed E-state index contributed by atoms with van der Waals surface area (Å²) in [6, 6.07) is 0. The summed E-state index contributed by atoms with van der Waals surface area (Å²) in [5, 5.41) is 5.64. The van der Waals surface area contributed by atoms with Crippen molar-refractivity contribution in [2.45, 2.75) is 26.7 Å². The van der Waals surface area contributed by atoms with Gasteiger partial charge < -0.3 is 54.3 Å². The number of carbonyl (C=O) groups excluding carboxylic acids is 2. The molecule has 0 aromatic heterocycles. The first-order valence-electron chi connectivity index (χ1n) is 14.3. The zero-order valence-corrected chi connectivity index (χ0v) is 25.0. The quantitative estimate of drug-likeness (QED) is 0.0946. The molecule has 0 bridgehead atoms. The van der Waals surface area contributed by atoms with Crippen LogP contribution in [0, 0.1) is 11.8 Å². The fraction of sp³-hybridized carbons (Fsp3) is 0.926. The minimum Gasteiger partial charge on any atom is -0.382 e. The summed E-state index contributed by atoms with van der Waals surface area (Å²) in [6.07, 6.45) is 1.17. The van der Waals surface area contributed by atoms with Crippen LogP contribution in [0.4, 0.5) is 0 Å². The Bertz CT molecular complexity index is 575. The summed E-state index contributed by atoms with van der Waals surface area (Å²) in [5.74, 6) is -0.593. The van der Waals surface area contributed by atoms with Crippen molar-refractivity contribution in [3.05, 3.63) is 0 Å². The molecule has 0 spiro atoms. The minimum absolute atomic E-state index is 0.0596. The Hall–Kier alpha value is -1.42. The van der Waals surface area contributed by atoms with E-state index in [9.17, 15) is 9.59 Å². The van der Waals surface area contributed by atoms with E-state index in [0.717, 1.165) is 0 Å². The minimum atomic E-state index is -0.244. The maximum Gasteiger partial charge on any atom is 0.223 e. The summed E-state index contributed by atoms with van der Waals surface area (Å²) in [4.78, 5) is 24.4. The molecule has 0 fully saturated rings. The van der Waals surface area contributed by atoms with Crippen LogP contribution in [0.5, 0.6) is 0 Å². The summed E-state index contributed by atoms with van der Waals surface area (Å²) in [5.41, 5.74) is 5.41. The van der Waals surface area contributed by atoms with Crippen LogP contribution in [0.1, 0.15) is 26.7 Å². The molecule has 0 saturated carbocycles. The van der Waals surface area contributed by atoms with Crippen molar-refractivity contribution in [2.75, 3.05) is 126 Å². The molecule has 2 amide bonds. The Labute approximate surface area is 240 Å². The number of nitrogens with one attached hydrogen (secondary N) is 2. The van der Waals surface area contributed by atoms with Gasteiger partial charge in [-0.05, 0) is 12.8 Å². The van der Waals surface area contributed by atoms with Gasteiger partial charge in [-0.25, -0.2) is 0 Å². The summed E-state index contributed by atoms with van der Waals surface area (Å²) in [6.45, 7) is 12.5. The van der Waals surface area contributed by atoms with Gasteiger partial charge in [0.1, 0.15) is 0 Å². The predicted octanol–water partition coefficient (Wildman–Crippen LogP) is -0.00750. The van der Waals surface area contributed by atoms with Crippen LogP contribution in [-0.4, -0.2) is 138 Å². The Balaban J connectivity index is 3.39. The Morgan fingerprint density at radius 1 is 0.600 bits per heavy atom. The fourth-order valence-corrected chi connectivity index (χ4v) is 3.32. The van der Waals surface area contributed by atoms with Gasteiger partial charge in [0.15, 0.2) is 0 Å². The van der Waals surface area contributed by atoms with Crippen molar-refractivity contribution < 1.29 is 47.5 Å². The molecule has 13 heteroatoms. The van der Waals surface area contributed by atoms with Gasteiger partial charge in [0.2, 0.25) is 11.8 Å². The summed E-state index contributed by atoms with van der Waals surface area (Å²) >= 11 is 0. The van der Waals surface area contributed by atoms with Gasteiger partial charge in [-0.1, -0.05) is 13.8 Å². The van der Waals surface area contributed by atoms with E-state index in [4.69, 9.17) is 43.6 Å². The first kappa shape index (κ1) is 38.6. The molecule has 0 heterocycles. The zero-order chi connectivity index (χ0) is 29.5. The van der Waals surface area contributed by atoms with Gasteiger partial charge in [0, 0.05) is 38.6 Å². The van der Waals surface area contributed by atoms with Crippen molar-refractivity contribution in [3.8, 4) is 0 Å². The number of ether oxygens (including phenoxy) is 8. The zero-order valence-electron chi connectivity index (χ0n) is 25.0. The second-order valence-corrected chi connectivity index (χ2v) is 8.89. The molecule has 2 unspecified atom stereocenters. The molecular weight excluding hydrogens is 526 g/mol. The highest BCUT2D eigenvalue weighted by atomic mass is 16.6. The van der Waals surface area contributed by atoms with Crippen LogP contribution in [0.2, 0.25) is 0 Å². The molecule has 2 atom stereocenters. The van der Waals surface area contributed by atoms with Crippen molar-refractivity contribution >= 4 is 11.8 Å². The van der Waals surface area contributed by atoms with Gasteiger partial charge in [-0.2, -0.15) is 0 Å². The first-order valence-corrected chi connectivity index (χ1v) is 14.3. The van der Waals surface area contributed by atoms with Gasteiger partial charge >= 0.3 is 0 Å². The van der Waals surface area contributed by atoms with E-state index < -0.39 is 0 Å². The Kier molecular flexibility index (Phi) is 29.5. The van der Waals surface area contributed by atoms with Crippen LogP contribution in [0.3, 0.4) is 0 Å². The molecule has 40 heavy (non-hydrogen) atoms. The first-order chi connectivity index (χ1) is 19.6. The average Bonchev–Trinajstić information content (AvgIpc) is 2.96. The van der Waals surface area contributed by atoms with E-state index in [0.29, 0.717) is 132 Å². The average molecular weight is 582 g/mol. The van der Waals surface area contributed by atoms with Crippen molar-refractivity contribution in [1.29, 1.82) is 0 Å². The number of rotatable bonds is 31. The van der Waals surface area contributed by atoms with Gasteiger partial charge in [-0.3, -0.25) is 9.59 Å². The lowest BCUT2D eigenvalue weighted by Crippen LogP contribution is -2.37. The number of carbonyl (C=O) groups is 2. The van der Waals surface area contributed by atoms with Crippen molar-refractivity contribution in [2.24, 2.45) is 17.6 Å². The van der Waals surface area contributed by atoms with Crippen molar-refractivity contribution in [3.63, 3.8) is 0 Å². The monoisotopic (exact) mass is 581 g/mol. The highest BCUT2D eigenvalue weighted by Crippen LogP contribution is 2.16. The molecule has 0 aliphatic heterocycles. The van der Waals surface area contributed by atoms with E-state index in [-0.39, 0.29) is 23.7 Å². The summed E-state index contributed by atoms with van der Waals surface area (Å²) < 4.78 is 42.8. The van der Waals surface area contributed by atoms with Crippen LogP contribution in [0.15, 0.2) is 0 Å². The van der Waals surface area contributed by atoms with Gasteiger partial charge in [0.05, 0.1) is 99.1 Å². The number of hydrogen-bond acceptors (Lipinski definition) is 11. The van der Waals surface area contributed by atoms with E-state index in [1.54, 1.807) is 7.11 Å². The molecule has 0 aliphatic carbocycles. The number of hydrogen-bond donors (Lipinski definition) is 3. The maximum atomic E-state index is 12.4. The van der Waals surface area contributed by atoms with Gasteiger partial charge in [-0.15, -0.1) is 0 Å². The van der Waals surface area contributed by atoms with Crippen LogP contribution < -0.4 is 16.4 Å². The Morgan fingerprint density at radius 3 is 1.35 bits per heavy atom. The van der Waals surface area contributed by atoms with Gasteiger partial charge in [0.25, 0.3) is 0 Å². The largest absolute Gasteiger partial charge is 0.382 e. The van der Waals surface area contributed by atoms with Crippen molar-refractivity contribution in [1.82, 2.24) is 10.6 Å². The third-order valence-corrected chi connectivity index (χ3v) is 5.60. The van der Waals surface area contributed by atoms with E-state index >= 15 is 0 Å². The fourth-order valence-electron chi connectivity index (χ4n) is 3.32. The number of amides is 2. The van der Waals surface area contributed by atoms with Crippen LogP contribution in [-0.2, 0) is 47.5 Å². The van der Waals surface area contributed by atoms with E-state index in [1.165, 1.54) is 0 Å². The van der Waals surface area contributed by atoms with Crippen LogP contribution in [0.25, 0.3) is 0 Å². The second-order valence-electron chi connectivity index (χ2n) is 8.89. The van der Waals surface area contributed by atoms with E-state index in [2.05, 4.69) is 10.6 Å². The Morgan fingerprint density at radius 2 is 0.975 bits per heavy atom. The standard InChI is InChI=1S/C27H55N3O10/c1-4-25(23-24(2)26(31)29-6-5-28)27(32)30-7-8-34-11-12-36-15-16-38-19-20-40-22-21-39-18-17-37-14-13-35-10-9-33-3/h24-25H,4-23,28H2,1-3H3,(H,29,31)(H,30,32). The number of methoxy groups -OCH3 is 1. The molecule has 13 nitrogen and oxygen atoms in total. The number of nitrogens with two attached hydrogens (primary N) is 1. The normalized spacial score (nSPS) is 12.8. The highest BCUT2D eigenvalue weighted by Gasteiger charge is 2.22. The lowest BCUT2D eigenvalue weighted by Gasteiger charge is -2.19. The van der Waals surface area contributed by atoms with E-state index in [1.807, 2.05) is 13.8 Å². The van der Waals surface area contributed by atoms with Crippen LogP contribution >= 0.6 is 0 Å². The molecule has 0 rings (SSSR count). The third-order valence-electron chi connectivity index (χ3n) is 5.60. The molecule has 0 radical (unpaired) electrons.